The number of aliphatic hydroxyl groups excluding tert-OH is 1. The smallest absolute Gasteiger partial charge is 0.252 e. The molecule has 0 unspecified atom stereocenters. The second kappa shape index (κ2) is 5.24. The SMILES string of the molecule is O=S(=O)(c1ccc(Cl)s1)N(CCO)C1CCC1. The Balaban J connectivity index is 2.27. The van der Waals surface area contributed by atoms with E-state index in [4.69, 9.17) is 16.7 Å². The van der Waals surface area contributed by atoms with Crippen LogP contribution in [0.3, 0.4) is 0 Å². The molecular weight excluding hydrogens is 282 g/mol. The zero-order valence-corrected chi connectivity index (χ0v) is 11.6. The first kappa shape index (κ1) is 13.3. The van der Waals surface area contributed by atoms with Crippen LogP contribution in [0, 0.1) is 0 Å². The van der Waals surface area contributed by atoms with Crippen LogP contribution >= 0.6 is 22.9 Å². The van der Waals surface area contributed by atoms with Gasteiger partial charge in [0.1, 0.15) is 4.21 Å². The summed E-state index contributed by atoms with van der Waals surface area (Å²) in [4.78, 5) is 0. The molecule has 1 heterocycles. The molecule has 7 heteroatoms. The molecule has 96 valence electrons. The lowest BCUT2D eigenvalue weighted by Gasteiger charge is -2.35. The summed E-state index contributed by atoms with van der Waals surface area (Å²) in [6, 6.07) is 3.13. The van der Waals surface area contributed by atoms with Gasteiger partial charge in [0.05, 0.1) is 10.9 Å². The van der Waals surface area contributed by atoms with Crippen LogP contribution in [0.2, 0.25) is 4.34 Å². The van der Waals surface area contributed by atoms with E-state index in [2.05, 4.69) is 0 Å². The van der Waals surface area contributed by atoms with Gasteiger partial charge >= 0.3 is 0 Å². The first-order valence-electron chi connectivity index (χ1n) is 5.44. The Bertz CT molecular complexity index is 481. The van der Waals surface area contributed by atoms with Crippen molar-refractivity contribution in [2.24, 2.45) is 0 Å². The highest BCUT2D eigenvalue weighted by Gasteiger charge is 2.35. The van der Waals surface area contributed by atoms with Crippen molar-refractivity contribution < 1.29 is 13.5 Å². The molecule has 1 aromatic rings. The first-order chi connectivity index (χ1) is 8.05. The van der Waals surface area contributed by atoms with E-state index in [1.807, 2.05) is 0 Å². The third-order valence-corrected chi connectivity index (χ3v) is 6.56. The number of nitrogens with zero attached hydrogens (tertiary/aromatic N) is 1. The summed E-state index contributed by atoms with van der Waals surface area (Å²) in [5, 5.41) is 8.99. The molecule has 1 N–H and O–H groups in total. The van der Waals surface area contributed by atoms with Crippen LogP contribution in [0.25, 0.3) is 0 Å². The van der Waals surface area contributed by atoms with E-state index < -0.39 is 10.0 Å². The predicted octanol–water partition coefficient (Wildman–Crippen LogP) is 1.94. The monoisotopic (exact) mass is 295 g/mol. The number of halogens is 1. The van der Waals surface area contributed by atoms with Gasteiger partial charge in [0.25, 0.3) is 10.0 Å². The Morgan fingerprint density at radius 1 is 1.47 bits per heavy atom. The van der Waals surface area contributed by atoms with Crippen molar-refractivity contribution in [3.63, 3.8) is 0 Å². The van der Waals surface area contributed by atoms with E-state index >= 15 is 0 Å². The maximum atomic E-state index is 12.3. The number of hydrogen-bond donors (Lipinski definition) is 1. The van der Waals surface area contributed by atoms with Gasteiger partial charge in [-0.3, -0.25) is 0 Å². The molecule has 2 rings (SSSR count). The second-order valence-electron chi connectivity index (χ2n) is 3.98. The average molecular weight is 296 g/mol. The van der Waals surface area contributed by atoms with Gasteiger partial charge in [-0.25, -0.2) is 8.42 Å². The molecule has 0 atom stereocenters. The quantitative estimate of drug-likeness (QED) is 0.903. The molecule has 17 heavy (non-hydrogen) atoms. The highest BCUT2D eigenvalue weighted by Crippen LogP contribution is 2.33. The maximum absolute atomic E-state index is 12.3. The van der Waals surface area contributed by atoms with Gasteiger partial charge in [0, 0.05) is 12.6 Å². The van der Waals surface area contributed by atoms with Crippen molar-refractivity contribution in [3.05, 3.63) is 16.5 Å². The van der Waals surface area contributed by atoms with Gasteiger partial charge in [-0.05, 0) is 25.0 Å². The lowest BCUT2D eigenvalue weighted by molar-refractivity contribution is 0.178. The van der Waals surface area contributed by atoms with Crippen molar-refractivity contribution in [2.45, 2.75) is 29.5 Å². The standard InChI is InChI=1S/C10H14ClNO3S2/c11-9-4-5-10(16-9)17(14,15)12(6-7-13)8-2-1-3-8/h4-5,8,13H,1-3,6-7H2. The van der Waals surface area contributed by atoms with E-state index in [9.17, 15) is 8.42 Å². The summed E-state index contributed by atoms with van der Waals surface area (Å²) in [5.74, 6) is 0. The number of rotatable bonds is 5. The number of aliphatic hydroxyl groups is 1. The molecule has 1 fully saturated rings. The normalized spacial score (nSPS) is 17.4. The molecule has 1 aromatic heterocycles. The summed E-state index contributed by atoms with van der Waals surface area (Å²) < 4.78 is 26.8. The lowest BCUT2D eigenvalue weighted by atomic mass is 9.93. The van der Waals surface area contributed by atoms with Crippen molar-refractivity contribution in [1.29, 1.82) is 0 Å². The topological polar surface area (TPSA) is 57.6 Å². The van der Waals surface area contributed by atoms with Crippen molar-refractivity contribution in [1.82, 2.24) is 4.31 Å². The third-order valence-electron chi connectivity index (χ3n) is 2.91. The summed E-state index contributed by atoms with van der Waals surface area (Å²) >= 11 is 6.82. The molecule has 1 aliphatic carbocycles. The predicted molar refractivity (Wildman–Crippen MR) is 67.9 cm³/mol. The van der Waals surface area contributed by atoms with Gasteiger partial charge in [0.15, 0.2) is 0 Å². The summed E-state index contributed by atoms with van der Waals surface area (Å²) in [7, 11) is -3.50. The molecule has 1 saturated carbocycles. The van der Waals surface area contributed by atoms with Gasteiger partial charge < -0.3 is 5.11 Å². The van der Waals surface area contributed by atoms with Crippen LogP contribution in [-0.2, 0) is 10.0 Å². The fourth-order valence-corrected chi connectivity index (χ4v) is 5.11. The van der Waals surface area contributed by atoms with Crippen molar-refractivity contribution in [2.75, 3.05) is 13.2 Å². The van der Waals surface area contributed by atoms with Crippen molar-refractivity contribution in [3.8, 4) is 0 Å². The minimum Gasteiger partial charge on any atom is -0.395 e. The van der Waals surface area contributed by atoms with Crippen molar-refractivity contribution >= 4 is 33.0 Å². The summed E-state index contributed by atoms with van der Waals surface area (Å²) in [6.45, 7) is -0.00262. The molecule has 0 bridgehead atoms. The molecule has 4 nitrogen and oxygen atoms in total. The van der Waals surface area contributed by atoms with Crippen LogP contribution in [0.15, 0.2) is 16.3 Å². The number of sulfonamides is 1. The summed E-state index contributed by atoms with van der Waals surface area (Å²) in [5.41, 5.74) is 0. The van der Waals surface area contributed by atoms with Crippen LogP contribution in [0.4, 0.5) is 0 Å². The molecule has 0 amide bonds. The lowest BCUT2D eigenvalue weighted by Crippen LogP contribution is -2.45. The van der Waals surface area contributed by atoms with Crippen LogP contribution in [0.1, 0.15) is 19.3 Å². The zero-order valence-electron chi connectivity index (χ0n) is 9.17. The largest absolute Gasteiger partial charge is 0.395 e. The van der Waals surface area contributed by atoms with E-state index in [1.54, 1.807) is 6.07 Å². The molecule has 0 saturated heterocycles. The minimum absolute atomic E-state index is 0.0352. The van der Waals surface area contributed by atoms with Crippen LogP contribution in [0.5, 0.6) is 0 Å². The Hall–Kier alpha value is -0.140. The Kier molecular flexibility index (Phi) is 4.10. The highest BCUT2D eigenvalue weighted by atomic mass is 35.5. The Morgan fingerprint density at radius 2 is 2.18 bits per heavy atom. The van der Waals surface area contributed by atoms with E-state index in [-0.39, 0.29) is 23.4 Å². The molecular formula is C10H14ClNO3S2. The number of thiophene rings is 1. The van der Waals surface area contributed by atoms with Crippen LogP contribution in [-0.4, -0.2) is 37.0 Å². The molecule has 0 aromatic carbocycles. The molecule has 0 aliphatic heterocycles. The van der Waals surface area contributed by atoms with Gasteiger partial charge in [-0.15, -0.1) is 11.3 Å². The average Bonchev–Trinajstić information content (AvgIpc) is 2.62. The molecule has 1 aliphatic rings. The Morgan fingerprint density at radius 3 is 2.59 bits per heavy atom. The Labute approximate surface area is 110 Å². The van der Waals surface area contributed by atoms with Gasteiger partial charge in [0.2, 0.25) is 0 Å². The number of hydrogen-bond acceptors (Lipinski definition) is 4. The first-order valence-corrected chi connectivity index (χ1v) is 8.07. The maximum Gasteiger partial charge on any atom is 0.252 e. The van der Waals surface area contributed by atoms with Gasteiger partial charge in [-0.1, -0.05) is 18.0 Å². The molecule has 0 spiro atoms. The van der Waals surface area contributed by atoms with Crippen LogP contribution < -0.4 is 0 Å². The second-order valence-corrected chi connectivity index (χ2v) is 7.82. The van der Waals surface area contributed by atoms with E-state index in [0.29, 0.717) is 4.34 Å². The zero-order chi connectivity index (χ0) is 12.5. The third kappa shape index (κ3) is 2.66. The summed E-state index contributed by atoms with van der Waals surface area (Å²) in [6.07, 6.45) is 2.80. The van der Waals surface area contributed by atoms with E-state index in [0.717, 1.165) is 30.6 Å². The molecule has 0 radical (unpaired) electrons. The minimum atomic E-state index is -3.50. The fraction of sp³-hybridized carbons (Fsp3) is 0.600. The fourth-order valence-electron chi connectivity index (χ4n) is 1.82. The highest BCUT2D eigenvalue weighted by molar-refractivity contribution is 7.91. The van der Waals surface area contributed by atoms with Gasteiger partial charge in [-0.2, -0.15) is 4.31 Å². The van der Waals surface area contributed by atoms with E-state index in [1.165, 1.54) is 10.4 Å².